The summed E-state index contributed by atoms with van der Waals surface area (Å²) in [5.74, 6) is -1.25. The summed E-state index contributed by atoms with van der Waals surface area (Å²) in [5.41, 5.74) is 1.20. The van der Waals surface area contributed by atoms with E-state index in [9.17, 15) is 9.59 Å². The molecule has 1 rings (SSSR count). The van der Waals surface area contributed by atoms with Gasteiger partial charge < -0.3 is 9.84 Å². The maximum absolute atomic E-state index is 10.5. The van der Waals surface area contributed by atoms with Crippen LogP contribution in [0.5, 0.6) is 0 Å². The zero-order valence-electron chi connectivity index (χ0n) is 8.40. The number of rotatable bonds is 4. The predicted molar refractivity (Wildman–Crippen MR) is 53.7 cm³/mol. The predicted octanol–water partition coefficient (Wildman–Crippen LogP) is 1.49. The first-order valence-corrected chi connectivity index (χ1v) is 4.55. The van der Waals surface area contributed by atoms with E-state index in [0.717, 1.165) is 5.56 Å². The Labute approximate surface area is 87.5 Å². The highest BCUT2D eigenvalue weighted by Gasteiger charge is 2.01. The molecule has 80 valence electrons. The molecule has 15 heavy (non-hydrogen) atoms. The number of hydrogen-bond acceptors (Lipinski definition) is 3. The van der Waals surface area contributed by atoms with Gasteiger partial charge in [-0.25, -0.2) is 4.79 Å². The maximum Gasteiger partial charge on any atom is 0.335 e. The van der Waals surface area contributed by atoms with Crippen LogP contribution in [0.2, 0.25) is 0 Å². The molecule has 0 bridgehead atoms. The lowest BCUT2D eigenvalue weighted by molar-refractivity contribution is -0.140. The van der Waals surface area contributed by atoms with Gasteiger partial charge >= 0.3 is 11.9 Å². The van der Waals surface area contributed by atoms with Crippen LogP contribution >= 0.6 is 0 Å². The van der Waals surface area contributed by atoms with Crippen LogP contribution in [0.1, 0.15) is 22.8 Å². The van der Waals surface area contributed by atoms with E-state index in [4.69, 9.17) is 9.84 Å². The summed E-state index contributed by atoms with van der Waals surface area (Å²) in [7, 11) is 0. The summed E-state index contributed by atoms with van der Waals surface area (Å²) >= 11 is 0. The van der Waals surface area contributed by atoms with E-state index in [1.165, 1.54) is 19.1 Å². The van der Waals surface area contributed by atoms with E-state index in [-0.39, 0.29) is 11.5 Å². The summed E-state index contributed by atoms with van der Waals surface area (Å²) in [4.78, 5) is 21.0. The lowest BCUT2D eigenvalue weighted by Crippen LogP contribution is -2.03. The van der Waals surface area contributed by atoms with E-state index >= 15 is 0 Å². The summed E-state index contributed by atoms with van der Waals surface area (Å²) in [6.45, 7) is 1.68. The minimum absolute atomic E-state index is 0.256. The average molecular weight is 208 g/mol. The van der Waals surface area contributed by atoms with E-state index < -0.39 is 5.97 Å². The van der Waals surface area contributed by atoms with Crippen LogP contribution in [0.25, 0.3) is 0 Å². The molecule has 0 aliphatic carbocycles. The number of carboxylic acids is 1. The van der Waals surface area contributed by atoms with Crippen LogP contribution in [-0.2, 0) is 16.0 Å². The quantitative estimate of drug-likeness (QED) is 0.761. The number of benzene rings is 1. The third-order valence-corrected chi connectivity index (χ3v) is 1.90. The smallest absolute Gasteiger partial charge is 0.335 e. The maximum atomic E-state index is 10.5. The molecule has 0 unspecified atom stereocenters. The molecule has 0 saturated heterocycles. The Bertz CT molecular complexity index is 353. The van der Waals surface area contributed by atoms with Crippen LogP contribution in [0.4, 0.5) is 0 Å². The van der Waals surface area contributed by atoms with Gasteiger partial charge in [0.1, 0.15) is 0 Å². The lowest BCUT2D eigenvalue weighted by Gasteiger charge is -2.02. The van der Waals surface area contributed by atoms with Gasteiger partial charge in [-0.3, -0.25) is 4.79 Å². The number of carbonyl (C=O) groups excluding carboxylic acids is 1. The largest absolute Gasteiger partial charge is 0.478 e. The third-order valence-electron chi connectivity index (χ3n) is 1.90. The Hall–Kier alpha value is -1.84. The number of hydrogen-bond donors (Lipinski definition) is 1. The highest BCUT2D eigenvalue weighted by atomic mass is 16.5. The van der Waals surface area contributed by atoms with E-state index in [1.54, 1.807) is 12.1 Å². The topological polar surface area (TPSA) is 63.6 Å². The fourth-order valence-electron chi connectivity index (χ4n) is 1.13. The van der Waals surface area contributed by atoms with Crippen molar-refractivity contribution in [2.75, 3.05) is 6.61 Å². The summed E-state index contributed by atoms with van der Waals surface area (Å²) in [6, 6.07) is 6.50. The molecule has 0 aliphatic heterocycles. The van der Waals surface area contributed by atoms with Gasteiger partial charge in [-0.2, -0.15) is 0 Å². The fraction of sp³-hybridized carbons (Fsp3) is 0.273. The Morgan fingerprint density at radius 2 is 1.87 bits per heavy atom. The molecule has 0 radical (unpaired) electrons. The standard InChI is InChI=1S/C11H12O4/c1-8(12)15-7-6-9-2-4-10(5-3-9)11(13)14/h2-5H,6-7H2,1H3,(H,13,14). The van der Waals surface area contributed by atoms with Crippen molar-refractivity contribution in [2.45, 2.75) is 13.3 Å². The van der Waals surface area contributed by atoms with Gasteiger partial charge in [0.25, 0.3) is 0 Å². The van der Waals surface area contributed by atoms with Crippen LogP contribution < -0.4 is 0 Å². The molecule has 4 nitrogen and oxygen atoms in total. The molecule has 0 spiro atoms. The molecule has 4 heteroatoms. The molecule has 0 aromatic heterocycles. The second-order valence-electron chi connectivity index (χ2n) is 3.09. The first-order chi connectivity index (χ1) is 7.09. The van der Waals surface area contributed by atoms with Crippen LogP contribution in [-0.4, -0.2) is 23.7 Å². The van der Waals surface area contributed by atoms with Crippen molar-refractivity contribution in [3.05, 3.63) is 35.4 Å². The van der Waals surface area contributed by atoms with E-state index in [2.05, 4.69) is 0 Å². The van der Waals surface area contributed by atoms with Gasteiger partial charge in [0.05, 0.1) is 12.2 Å². The van der Waals surface area contributed by atoms with Gasteiger partial charge in [0, 0.05) is 13.3 Å². The highest BCUT2D eigenvalue weighted by Crippen LogP contribution is 2.05. The molecular weight excluding hydrogens is 196 g/mol. The fourth-order valence-corrected chi connectivity index (χ4v) is 1.13. The van der Waals surface area contributed by atoms with Crippen molar-refractivity contribution in [1.82, 2.24) is 0 Å². The number of aromatic carboxylic acids is 1. The second-order valence-corrected chi connectivity index (χ2v) is 3.09. The van der Waals surface area contributed by atoms with E-state index in [1.807, 2.05) is 0 Å². The van der Waals surface area contributed by atoms with Crippen LogP contribution in [0, 0.1) is 0 Å². The van der Waals surface area contributed by atoms with Gasteiger partial charge in [-0.1, -0.05) is 12.1 Å². The van der Waals surface area contributed by atoms with Crippen LogP contribution in [0.3, 0.4) is 0 Å². The SMILES string of the molecule is CC(=O)OCCc1ccc(C(=O)O)cc1. The first kappa shape index (κ1) is 11.2. The molecule has 0 aliphatic rings. The highest BCUT2D eigenvalue weighted by molar-refractivity contribution is 5.87. The third kappa shape index (κ3) is 3.81. The average Bonchev–Trinajstić information content (AvgIpc) is 2.18. The number of esters is 1. The molecular formula is C11H12O4. The van der Waals surface area contributed by atoms with Crippen molar-refractivity contribution in [3.63, 3.8) is 0 Å². The molecule has 0 atom stereocenters. The first-order valence-electron chi connectivity index (χ1n) is 4.55. The van der Waals surface area contributed by atoms with Gasteiger partial charge in [-0.05, 0) is 17.7 Å². The van der Waals surface area contributed by atoms with E-state index in [0.29, 0.717) is 13.0 Å². The number of carboxylic acid groups (broad SMARTS) is 1. The molecule has 1 aromatic rings. The Balaban J connectivity index is 2.50. The van der Waals surface area contributed by atoms with Crippen molar-refractivity contribution in [1.29, 1.82) is 0 Å². The monoisotopic (exact) mass is 208 g/mol. The zero-order valence-corrected chi connectivity index (χ0v) is 8.40. The van der Waals surface area contributed by atoms with Crippen LogP contribution in [0.15, 0.2) is 24.3 Å². The van der Waals surface area contributed by atoms with Crippen molar-refractivity contribution in [2.24, 2.45) is 0 Å². The van der Waals surface area contributed by atoms with Crippen molar-refractivity contribution in [3.8, 4) is 0 Å². The summed E-state index contributed by atoms with van der Waals surface area (Å²) < 4.78 is 4.77. The molecule has 1 aromatic carbocycles. The minimum atomic E-state index is -0.943. The van der Waals surface area contributed by atoms with Gasteiger partial charge in [-0.15, -0.1) is 0 Å². The molecule has 0 fully saturated rings. The number of ether oxygens (including phenoxy) is 1. The zero-order chi connectivity index (χ0) is 11.3. The minimum Gasteiger partial charge on any atom is -0.478 e. The van der Waals surface area contributed by atoms with Crippen molar-refractivity contribution >= 4 is 11.9 Å². The molecule has 1 N–H and O–H groups in total. The molecule has 0 heterocycles. The lowest BCUT2D eigenvalue weighted by atomic mass is 10.1. The molecule has 0 amide bonds. The van der Waals surface area contributed by atoms with Gasteiger partial charge in [0.15, 0.2) is 0 Å². The summed E-state index contributed by atoms with van der Waals surface area (Å²) in [6.07, 6.45) is 0.597. The van der Waals surface area contributed by atoms with Crippen molar-refractivity contribution < 1.29 is 19.4 Å². The number of carbonyl (C=O) groups is 2. The normalized spacial score (nSPS) is 9.67. The summed E-state index contributed by atoms with van der Waals surface area (Å²) in [5, 5.41) is 8.66. The van der Waals surface area contributed by atoms with Gasteiger partial charge in [0.2, 0.25) is 0 Å². The Morgan fingerprint density at radius 3 is 2.33 bits per heavy atom. The second kappa shape index (κ2) is 5.14. The molecule has 0 saturated carbocycles. The Kier molecular flexibility index (Phi) is 3.85. The Morgan fingerprint density at radius 1 is 1.27 bits per heavy atom.